The van der Waals surface area contributed by atoms with Gasteiger partial charge in [0.2, 0.25) is 0 Å². The summed E-state index contributed by atoms with van der Waals surface area (Å²) in [5.41, 5.74) is 3.07. The van der Waals surface area contributed by atoms with Crippen molar-refractivity contribution in [3.05, 3.63) is 36.4 Å². The van der Waals surface area contributed by atoms with Gasteiger partial charge in [-0.25, -0.2) is 4.57 Å². The van der Waals surface area contributed by atoms with Crippen molar-refractivity contribution in [2.45, 2.75) is 6.92 Å². The molecule has 0 N–H and O–H groups in total. The third-order valence-electron chi connectivity index (χ3n) is 2.00. The van der Waals surface area contributed by atoms with Crippen molar-refractivity contribution in [1.82, 2.24) is 5.16 Å². The lowest BCUT2D eigenvalue weighted by atomic mass is 10.1. The molecule has 0 amide bonds. The summed E-state index contributed by atoms with van der Waals surface area (Å²) in [5, 5.41) is 3.93. The van der Waals surface area contributed by atoms with Crippen molar-refractivity contribution >= 4 is 0 Å². The number of pyridine rings is 1. The summed E-state index contributed by atoms with van der Waals surface area (Å²) in [7, 11) is 1.99. The van der Waals surface area contributed by atoms with Crippen LogP contribution in [0, 0.1) is 6.92 Å². The van der Waals surface area contributed by atoms with Gasteiger partial charge < -0.3 is 4.52 Å². The molecule has 3 heteroatoms. The van der Waals surface area contributed by atoms with Crippen LogP contribution in [0.1, 0.15) is 5.56 Å². The Balaban J connectivity index is 2.47. The van der Waals surface area contributed by atoms with Crippen LogP contribution in [0.4, 0.5) is 0 Å². The van der Waals surface area contributed by atoms with Gasteiger partial charge in [0.25, 0.3) is 0 Å². The Morgan fingerprint density at radius 3 is 2.54 bits per heavy atom. The average Bonchev–Trinajstić information content (AvgIpc) is 2.53. The fraction of sp³-hybridized carbons (Fsp3) is 0.200. The lowest BCUT2D eigenvalue weighted by Gasteiger charge is -1.94. The fourth-order valence-corrected chi connectivity index (χ4v) is 1.23. The lowest BCUT2D eigenvalue weighted by molar-refractivity contribution is -0.671. The first-order valence-corrected chi connectivity index (χ1v) is 4.14. The van der Waals surface area contributed by atoms with Gasteiger partial charge in [0.1, 0.15) is 19.0 Å². The van der Waals surface area contributed by atoms with Crippen LogP contribution in [0.15, 0.2) is 35.3 Å². The third-order valence-corrected chi connectivity index (χ3v) is 2.00. The van der Waals surface area contributed by atoms with Gasteiger partial charge in [0.05, 0.1) is 0 Å². The Kier molecular flexibility index (Phi) is 1.85. The molecular formula is C10H11N2O+. The van der Waals surface area contributed by atoms with Gasteiger partial charge in [-0.3, -0.25) is 0 Å². The van der Waals surface area contributed by atoms with E-state index in [2.05, 4.69) is 5.16 Å². The van der Waals surface area contributed by atoms with Crippen molar-refractivity contribution < 1.29 is 9.09 Å². The van der Waals surface area contributed by atoms with Gasteiger partial charge in [0.15, 0.2) is 12.4 Å². The highest BCUT2D eigenvalue weighted by atomic mass is 16.5. The minimum Gasteiger partial charge on any atom is -0.364 e. The fourth-order valence-electron chi connectivity index (χ4n) is 1.23. The van der Waals surface area contributed by atoms with E-state index in [0.717, 1.165) is 16.8 Å². The summed E-state index contributed by atoms with van der Waals surface area (Å²) in [5.74, 6) is 0. The van der Waals surface area contributed by atoms with Gasteiger partial charge in [0, 0.05) is 23.3 Å². The molecule has 0 bridgehead atoms. The van der Waals surface area contributed by atoms with Crippen LogP contribution in [0.3, 0.4) is 0 Å². The topological polar surface area (TPSA) is 29.9 Å². The lowest BCUT2D eigenvalue weighted by Crippen LogP contribution is -2.25. The molecule has 2 heterocycles. The number of nitrogens with zero attached hydrogens (tertiary/aromatic N) is 2. The smallest absolute Gasteiger partial charge is 0.169 e. The van der Waals surface area contributed by atoms with Gasteiger partial charge in [-0.1, -0.05) is 5.16 Å². The number of hydrogen-bond donors (Lipinski definition) is 0. The van der Waals surface area contributed by atoms with Gasteiger partial charge in [-0.15, -0.1) is 0 Å². The van der Waals surface area contributed by atoms with E-state index in [9.17, 15) is 0 Å². The Hall–Kier alpha value is -1.64. The maximum atomic E-state index is 4.87. The van der Waals surface area contributed by atoms with E-state index in [0.29, 0.717) is 0 Å². The quantitative estimate of drug-likeness (QED) is 0.614. The van der Waals surface area contributed by atoms with Crippen LogP contribution < -0.4 is 4.57 Å². The van der Waals surface area contributed by atoms with Crippen LogP contribution in [0.2, 0.25) is 0 Å². The summed E-state index contributed by atoms with van der Waals surface area (Å²) in [6.45, 7) is 1.98. The molecule has 0 saturated heterocycles. The molecule has 0 aliphatic heterocycles. The van der Waals surface area contributed by atoms with Crippen LogP contribution in [-0.2, 0) is 7.05 Å². The molecule has 0 aliphatic carbocycles. The summed E-state index contributed by atoms with van der Waals surface area (Å²) in [6, 6.07) is 4.04. The van der Waals surface area contributed by atoms with Crippen molar-refractivity contribution in [2.24, 2.45) is 7.05 Å². The van der Waals surface area contributed by atoms with Crippen molar-refractivity contribution in [3.8, 4) is 11.3 Å². The predicted octanol–water partition coefficient (Wildman–Crippen LogP) is 1.47. The van der Waals surface area contributed by atoms with Crippen LogP contribution >= 0.6 is 0 Å². The van der Waals surface area contributed by atoms with Crippen LogP contribution in [-0.4, -0.2) is 5.16 Å². The molecule has 0 aromatic carbocycles. The standard InChI is InChI=1S/C10H11N2O/c1-8-7-13-11-10(8)9-3-5-12(2)6-4-9/h3-7H,1-2H3/q+1. The highest BCUT2D eigenvalue weighted by Gasteiger charge is 2.06. The minimum atomic E-state index is 0.917. The Morgan fingerprint density at radius 2 is 2.00 bits per heavy atom. The average molecular weight is 175 g/mol. The van der Waals surface area contributed by atoms with Crippen LogP contribution in [0.5, 0.6) is 0 Å². The summed E-state index contributed by atoms with van der Waals surface area (Å²) < 4.78 is 6.86. The van der Waals surface area contributed by atoms with Crippen molar-refractivity contribution in [2.75, 3.05) is 0 Å². The highest BCUT2D eigenvalue weighted by Crippen LogP contribution is 2.19. The highest BCUT2D eigenvalue weighted by molar-refractivity contribution is 5.60. The molecule has 0 atom stereocenters. The zero-order valence-electron chi connectivity index (χ0n) is 7.69. The normalized spacial score (nSPS) is 10.3. The second-order valence-electron chi connectivity index (χ2n) is 3.10. The van der Waals surface area contributed by atoms with Gasteiger partial charge >= 0.3 is 0 Å². The summed E-state index contributed by atoms with van der Waals surface area (Å²) in [4.78, 5) is 0. The molecule has 0 radical (unpaired) electrons. The van der Waals surface area contributed by atoms with E-state index < -0.39 is 0 Å². The van der Waals surface area contributed by atoms with Crippen LogP contribution in [0.25, 0.3) is 11.3 Å². The molecule has 13 heavy (non-hydrogen) atoms. The van der Waals surface area contributed by atoms with E-state index in [1.54, 1.807) is 6.26 Å². The Morgan fingerprint density at radius 1 is 1.31 bits per heavy atom. The number of rotatable bonds is 1. The minimum absolute atomic E-state index is 0.917. The SMILES string of the molecule is Cc1conc1-c1cc[n+](C)cc1. The van der Waals surface area contributed by atoms with E-state index >= 15 is 0 Å². The van der Waals surface area contributed by atoms with E-state index in [-0.39, 0.29) is 0 Å². The molecule has 2 aromatic rings. The molecule has 0 spiro atoms. The van der Waals surface area contributed by atoms with E-state index in [1.807, 2.05) is 43.1 Å². The van der Waals surface area contributed by atoms with Crippen molar-refractivity contribution in [1.29, 1.82) is 0 Å². The zero-order chi connectivity index (χ0) is 9.26. The molecule has 0 saturated carbocycles. The second-order valence-corrected chi connectivity index (χ2v) is 3.10. The third kappa shape index (κ3) is 1.45. The molecule has 0 aliphatic rings. The molecule has 2 rings (SSSR count). The first-order valence-electron chi connectivity index (χ1n) is 4.14. The molecule has 3 nitrogen and oxygen atoms in total. The number of hydrogen-bond acceptors (Lipinski definition) is 2. The summed E-state index contributed by atoms with van der Waals surface area (Å²) >= 11 is 0. The summed E-state index contributed by atoms with van der Waals surface area (Å²) in [6.07, 6.45) is 5.63. The van der Waals surface area contributed by atoms with Crippen molar-refractivity contribution in [3.63, 3.8) is 0 Å². The predicted molar refractivity (Wildman–Crippen MR) is 47.9 cm³/mol. The molecular weight excluding hydrogens is 164 g/mol. The maximum absolute atomic E-state index is 4.87. The van der Waals surface area contributed by atoms with Gasteiger partial charge in [-0.2, -0.15) is 0 Å². The first-order chi connectivity index (χ1) is 6.27. The maximum Gasteiger partial charge on any atom is 0.169 e. The first kappa shape index (κ1) is 7.98. The molecule has 66 valence electrons. The second kappa shape index (κ2) is 3.01. The molecule has 2 aromatic heterocycles. The number of aromatic nitrogens is 2. The monoisotopic (exact) mass is 175 g/mol. The Labute approximate surface area is 76.6 Å². The molecule has 0 unspecified atom stereocenters. The zero-order valence-corrected chi connectivity index (χ0v) is 7.69. The largest absolute Gasteiger partial charge is 0.364 e. The Bertz CT molecular complexity index is 403. The number of aryl methyl sites for hydroxylation is 2. The van der Waals surface area contributed by atoms with E-state index in [4.69, 9.17) is 4.52 Å². The molecule has 0 fully saturated rings. The van der Waals surface area contributed by atoms with Gasteiger partial charge in [-0.05, 0) is 6.92 Å². The van der Waals surface area contributed by atoms with E-state index in [1.165, 1.54) is 0 Å².